The Labute approximate surface area is 296 Å². The van der Waals surface area contributed by atoms with Gasteiger partial charge in [-0.05, 0) is 99.1 Å². The largest absolute Gasteiger partial charge is 0.311 e. The zero-order valence-electron chi connectivity index (χ0n) is 27.3. The van der Waals surface area contributed by atoms with Gasteiger partial charge in [0.2, 0.25) is 0 Å². The normalized spacial score (nSPS) is 11.2. The minimum absolute atomic E-state index is 1.10. The molecule has 0 fully saturated rings. The molecule has 0 aliphatic rings. The molecule has 9 aromatic rings. The molecule has 50 heavy (non-hydrogen) atoms. The minimum atomic E-state index is 1.10. The molecule has 0 amide bonds. The van der Waals surface area contributed by atoms with Crippen molar-refractivity contribution >= 4 is 48.6 Å². The summed E-state index contributed by atoms with van der Waals surface area (Å²) in [4.78, 5) is 6.77. The third-order valence-corrected chi connectivity index (χ3v) is 10.5. The van der Waals surface area contributed by atoms with Gasteiger partial charge in [-0.15, -0.1) is 11.3 Å². The summed E-state index contributed by atoms with van der Waals surface area (Å²) in [6.45, 7) is 0. The van der Waals surface area contributed by atoms with Gasteiger partial charge in [0.05, 0.1) is 0 Å². The zero-order chi connectivity index (χ0) is 33.3. The highest BCUT2D eigenvalue weighted by atomic mass is 32.1. The fourth-order valence-corrected chi connectivity index (χ4v) is 7.99. The molecule has 0 aliphatic heterocycles. The Morgan fingerprint density at radius 2 is 0.860 bits per heavy atom. The Balaban J connectivity index is 1.08. The third-order valence-electron chi connectivity index (χ3n) is 9.39. The highest BCUT2D eigenvalue weighted by Gasteiger charge is 2.15. The molecule has 0 radical (unpaired) electrons. The Hall–Kier alpha value is -6.29. The van der Waals surface area contributed by atoms with Crippen molar-refractivity contribution < 1.29 is 0 Å². The number of nitrogens with zero attached hydrogens (tertiary/aromatic N) is 2. The van der Waals surface area contributed by atoms with E-state index in [2.05, 4.69) is 192 Å². The van der Waals surface area contributed by atoms with Crippen LogP contribution in [-0.2, 0) is 0 Å². The molecule has 0 saturated carbocycles. The van der Waals surface area contributed by atoms with Gasteiger partial charge in [0.15, 0.2) is 0 Å². The number of anilines is 3. The van der Waals surface area contributed by atoms with Crippen LogP contribution in [0.3, 0.4) is 0 Å². The first-order chi connectivity index (χ1) is 24.8. The summed E-state index contributed by atoms with van der Waals surface area (Å²) in [6, 6.07) is 65.4. The predicted octanol–water partition coefficient (Wildman–Crippen LogP) is 13.6. The summed E-state index contributed by atoms with van der Waals surface area (Å²) in [7, 11) is 0. The zero-order valence-corrected chi connectivity index (χ0v) is 28.1. The number of hydrogen-bond donors (Lipinski definition) is 0. The van der Waals surface area contributed by atoms with Crippen LogP contribution < -0.4 is 4.90 Å². The van der Waals surface area contributed by atoms with Crippen LogP contribution in [-0.4, -0.2) is 4.98 Å². The Morgan fingerprint density at radius 3 is 1.44 bits per heavy atom. The lowest BCUT2D eigenvalue weighted by molar-refractivity contribution is 1.28. The molecule has 2 nitrogen and oxygen atoms in total. The van der Waals surface area contributed by atoms with E-state index in [1.807, 2.05) is 23.7 Å². The van der Waals surface area contributed by atoms with Gasteiger partial charge in [0.1, 0.15) is 0 Å². The summed E-state index contributed by atoms with van der Waals surface area (Å²) in [6.07, 6.45) is 3.87. The molecule has 0 N–H and O–H groups in total. The number of pyridine rings is 1. The second kappa shape index (κ2) is 13.0. The van der Waals surface area contributed by atoms with Crippen molar-refractivity contribution in [2.45, 2.75) is 0 Å². The maximum Gasteiger partial charge on any atom is 0.0462 e. The van der Waals surface area contributed by atoms with Gasteiger partial charge in [-0.2, -0.15) is 0 Å². The highest BCUT2D eigenvalue weighted by Crippen LogP contribution is 2.41. The number of aromatic nitrogens is 1. The van der Waals surface area contributed by atoms with E-state index in [1.165, 1.54) is 64.7 Å². The Bertz CT molecular complexity index is 2470. The average Bonchev–Trinajstić information content (AvgIpc) is 3.59. The molecular weight excluding hydrogens is 625 g/mol. The fourth-order valence-electron chi connectivity index (χ4n) is 6.90. The van der Waals surface area contributed by atoms with Crippen LogP contribution in [0.1, 0.15) is 0 Å². The standard InChI is InChI=1S/C47H32N2S/c1-3-9-33(10-4-1)35-17-23-40(24-18-35)49(41-25-19-36(20-26-41)34-11-5-2-6-12-34)42-27-21-37(22-28-42)38-13-7-14-39(31-38)43-15-8-16-46-47(43)44-32-48-30-29-45(44)50-46/h1-32H. The van der Waals surface area contributed by atoms with Crippen molar-refractivity contribution in [2.24, 2.45) is 0 Å². The molecule has 236 valence electrons. The lowest BCUT2D eigenvalue weighted by Gasteiger charge is -2.26. The van der Waals surface area contributed by atoms with E-state index in [0.717, 1.165) is 17.1 Å². The number of fused-ring (bicyclic) bond motifs is 3. The van der Waals surface area contributed by atoms with E-state index in [0.29, 0.717) is 0 Å². The van der Waals surface area contributed by atoms with E-state index in [9.17, 15) is 0 Å². The minimum Gasteiger partial charge on any atom is -0.311 e. The van der Waals surface area contributed by atoms with E-state index in [1.54, 1.807) is 0 Å². The van der Waals surface area contributed by atoms with E-state index >= 15 is 0 Å². The SMILES string of the molecule is c1ccc(-c2ccc(N(c3ccc(-c4ccccc4)cc3)c3ccc(-c4cccc(-c5cccc6sc7ccncc7c56)c4)cc3)cc2)cc1. The highest BCUT2D eigenvalue weighted by molar-refractivity contribution is 7.25. The molecule has 0 unspecified atom stereocenters. The lowest BCUT2D eigenvalue weighted by atomic mass is 9.96. The summed E-state index contributed by atoms with van der Waals surface area (Å²) in [5.41, 5.74) is 13.0. The molecule has 7 aromatic carbocycles. The maximum atomic E-state index is 4.44. The molecule has 0 atom stereocenters. The van der Waals surface area contributed by atoms with E-state index in [-0.39, 0.29) is 0 Å². The first-order valence-corrected chi connectivity index (χ1v) is 17.7. The summed E-state index contributed by atoms with van der Waals surface area (Å²) < 4.78 is 2.55. The monoisotopic (exact) mass is 656 g/mol. The molecule has 0 aliphatic carbocycles. The number of benzene rings is 7. The van der Waals surface area contributed by atoms with Gasteiger partial charge in [-0.1, -0.05) is 127 Å². The van der Waals surface area contributed by atoms with E-state index < -0.39 is 0 Å². The lowest BCUT2D eigenvalue weighted by Crippen LogP contribution is -2.09. The summed E-state index contributed by atoms with van der Waals surface area (Å²) in [5, 5.41) is 2.49. The average molecular weight is 657 g/mol. The first-order valence-electron chi connectivity index (χ1n) is 16.9. The van der Waals surface area contributed by atoms with Crippen LogP contribution in [0.5, 0.6) is 0 Å². The van der Waals surface area contributed by atoms with Crippen molar-refractivity contribution in [3.05, 3.63) is 194 Å². The number of thiophene rings is 1. The summed E-state index contributed by atoms with van der Waals surface area (Å²) in [5.74, 6) is 0. The molecule has 0 spiro atoms. The number of hydrogen-bond acceptors (Lipinski definition) is 3. The van der Waals surface area contributed by atoms with Gasteiger partial charge in [-0.3, -0.25) is 4.98 Å². The van der Waals surface area contributed by atoms with Gasteiger partial charge in [0.25, 0.3) is 0 Å². The molecule has 0 saturated heterocycles. The molecular formula is C47H32N2S. The molecule has 2 aromatic heterocycles. The number of rotatable bonds is 7. The van der Waals surface area contributed by atoms with Crippen LogP contribution in [0.4, 0.5) is 17.1 Å². The Morgan fingerprint density at radius 1 is 0.380 bits per heavy atom. The smallest absolute Gasteiger partial charge is 0.0462 e. The van der Waals surface area contributed by atoms with Gasteiger partial charge in [0, 0.05) is 49.6 Å². The molecule has 2 heterocycles. The van der Waals surface area contributed by atoms with E-state index in [4.69, 9.17) is 0 Å². The quantitative estimate of drug-likeness (QED) is 0.170. The van der Waals surface area contributed by atoms with Crippen LogP contribution in [0, 0.1) is 0 Å². The van der Waals surface area contributed by atoms with Gasteiger partial charge < -0.3 is 4.90 Å². The van der Waals surface area contributed by atoms with Crippen LogP contribution in [0.25, 0.3) is 64.7 Å². The van der Waals surface area contributed by atoms with Crippen molar-refractivity contribution in [1.82, 2.24) is 4.98 Å². The van der Waals surface area contributed by atoms with Crippen LogP contribution >= 0.6 is 11.3 Å². The second-order valence-corrected chi connectivity index (χ2v) is 13.5. The molecule has 3 heteroatoms. The van der Waals surface area contributed by atoms with Crippen LogP contribution in [0.15, 0.2) is 194 Å². The second-order valence-electron chi connectivity index (χ2n) is 12.4. The topological polar surface area (TPSA) is 16.1 Å². The van der Waals surface area contributed by atoms with Crippen molar-refractivity contribution in [3.8, 4) is 44.5 Å². The first kappa shape index (κ1) is 29.8. The predicted molar refractivity (Wildman–Crippen MR) is 214 cm³/mol. The Kier molecular flexibility index (Phi) is 7.73. The molecule has 9 rings (SSSR count). The van der Waals surface area contributed by atoms with Crippen molar-refractivity contribution in [1.29, 1.82) is 0 Å². The maximum absolute atomic E-state index is 4.44. The van der Waals surface area contributed by atoms with Crippen molar-refractivity contribution in [2.75, 3.05) is 4.90 Å². The van der Waals surface area contributed by atoms with Crippen LogP contribution in [0.2, 0.25) is 0 Å². The van der Waals surface area contributed by atoms with Gasteiger partial charge >= 0.3 is 0 Å². The fraction of sp³-hybridized carbons (Fsp3) is 0. The summed E-state index contributed by atoms with van der Waals surface area (Å²) >= 11 is 1.83. The van der Waals surface area contributed by atoms with Crippen molar-refractivity contribution in [3.63, 3.8) is 0 Å². The molecule has 0 bridgehead atoms. The third kappa shape index (κ3) is 5.64. The van der Waals surface area contributed by atoms with Gasteiger partial charge in [-0.25, -0.2) is 0 Å².